The van der Waals surface area contributed by atoms with Crippen LogP contribution >= 0.6 is 0 Å². The van der Waals surface area contributed by atoms with Gasteiger partial charge < -0.3 is 15.6 Å². The zero-order chi connectivity index (χ0) is 23.8. The second-order valence-corrected chi connectivity index (χ2v) is 7.24. The van der Waals surface area contributed by atoms with E-state index in [0.717, 1.165) is 5.56 Å². The van der Waals surface area contributed by atoms with Crippen molar-refractivity contribution in [3.05, 3.63) is 93.7 Å². The first-order valence-corrected chi connectivity index (χ1v) is 9.66. The van der Waals surface area contributed by atoms with Gasteiger partial charge in [0.15, 0.2) is 5.82 Å². The molecule has 3 N–H and O–H groups in total. The van der Waals surface area contributed by atoms with E-state index < -0.39 is 34.6 Å². The summed E-state index contributed by atoms with van der Waals surface area (Å²) in [5.74, 6) is -2.05. The number of aromatic amines is 1. The second-order valence-electron chi connectivity index (χ2n) is 7.24. The molecular formula is C23H16F4N4O2. The van der Waals surface area contributed by atoms with Gasteiger partial charge in [0.05, 0.1) is 22.2 Å². The van der Waals surface area contributed by atoms with E-state index in [9.17, 15) is 27.2 Å². The minimum absolute atomic E-state index is 0.0327. The molecule has 0 unspecified atom stereocenters. The highest BCUT2D eigenvalue weighted by Gasteiger charge is 2.32. The summed E-state index contributed by atoms with van der Waals surface area (Å²) >= 11 is 0. The monoisotopic (exact) mass is 456 g/mol. The first kappa shape index (κ1) is 22.0. The molecule has 0 bridgehead atoms. The Morgan fingerprint density at radius 2 is 1.79 bits per heavy atom. The number of hydrogen-bond acceptors (Lipinski definition) is 4. The predicted molar refractivity (Wildman–Crippen MR) is 116 cm³/mol. The number of fused-ring (bicyclic) bond motifs is 1. The number of amides is 1. The van der Waals surface area contributed by atoms with Gasteiger partial charge in [-0.05, 0) is 48.9 Å². The van der Waals surface area contributed by atoms with Crippen LogP contribution in [-0.4, -0.2) is 15.9 Å². The molecule has 0 spiro atoms. The molecule has 168 valence electrons. The normalized spacial score (nSPS) is 11.4. The molecule has 6 nitrogen and oxygen atoms in total. The van der Waals surface area contributed by atoms with Gasteiger partial charge in [-0.1, -0.05) is 18.2 Å². The van der Waals surface area contributed by atoms with E-state index in [0.29, 0.717) is 29.4 Å². The number of anilines is 3. The van der Waals surface area contributed by atoms with Gasteiger partial charge in [-0.3, -0.25) is 9.59 Å². The number of benzene rings is 2. The van der Waals surface area contributed by atoms with Crippen molar-refractivity contribution in [3.8, 4) is 0 Å². The molecule has 0 aliphatic heterocycles. The molecule has 10 heteroatoms. The Morgan fingerprint density at radius 1 is 1.03 bits per heavy atom. The van der Waals surface area contributed by atoms with E-state index >= 15 is 0 Å². The lowest BCUT2D eigenvalue weighted by Crippen LogP contribution is -2.17. The average molecular weight is 456 g/mol. The fourth-order valence-electron chi connectivity index (χ4n) is 3.22. The number of aryl methyl sites for hydroxylation is 1. The molecule has 4 rings (SSSR count). The summed E-state index contributed by atoms with van der Waals surface area (Å²) < 4.78 is 52.9. The van der Waals surface area contributed by atoms with Gasteiger partial charge in [0.1, 0.15) is 5.82 Å². The molecule has 2 aromatic carbocycles. The van der Waals surface area contributed by atoms with Gasteiger partial charge in [-0.2, -0.15) is 13.2 Å². The number of carbonyl (C=O) groups excluding carboxylic acids is 1. The molecule has 0 saturated heterocycles. The van der Waals surface area contributed by atoms with Crippen molar-refractivity contribution >= 4 is 34.0 Å². The largest absolute Gasteiger partial charge is 0.416 e. The lowest BCUT2D eigenvalue weighted by molar-refractivity contribution is -0.137. The van der Waals surface area contributed by atoms with Crippen LogP contribution in [0, 0.1) is 12.7 Å². The van der Waals surface area contributed by atoms with E-state index in [-0.39, 0.29) is 16.9 Å². The van der Waals surface area contributed by atoms with Crippen LogP contribution in [0.4, 0.5) is 34.8 Å². The topological polar surface area (TPSA) is 86.9 Å². The number of rotatable bonds is 4. The molecule has 2 aromatic heterocycles. The van der Waals surface area contributed by atoms with Crippen LogP contribution < -0.4 is 16.2 Å². The molecule has 1 amide bonds. The van der Waals surface area contributed by atoms with Crippen molar-refractivity contribution < 1.29 is 22.4 Å². The van der Waals surface area contributed by atoms with Gasteiger partial charge >= 0.3 is 6.18 Å². The van der Waals surface area contributed by atoms with E-state index in [1.165, 1.54) is 12.3 Å². The van der Waals surface area contributed by atoms with Crippen molar-refractivity contribution in [2.24, 2.45) is 0 Å². The number of nitrogens with zero attached hydrogens (tertiary/aromatic N) is 1. The molecule has 0 aliphatic carbocycles. The van der Waals surface area contributed by atoms with E-state index in [1.54, 1.807) is 18.2 Å². The minimum Gasteiger partial charge on any atom is -0.338 e. The smallest absolute Gasteiger partial charge is 0.338 e. The standard InChI is InChI=1S/C23H16F4N4O2/c1-12-4-2-3-5-17(12)29-20-19(11-16-18(30-20)6-7-28-22(16)33)31-21(32)13-8-14(23(25,26)27)10-15(24)9-13/h2-11H,1H3,(H,28,33)(H,29,30)(H,31,32). The van der Waals surface area contributed by atoms with E-state index in [4.69, 9.17) is 0 Å². The number of aromatic nitrogens is 2. The third-order valence-corrected chi connectivity index (χ3v) is 4.89. The van der Waals surface area contributed by atoms with Gasteiger partial charge in [0.2, 0.25) is 0 Å². The number of carbonyl (C=O) groups is 1. The first-order chi connectivity index (χ1) is 15.6. The number of hydrogen-bond donors (Lipinski definition) is 3. The number of halogens is 4. The summed E-state index contributed by atoms with van der Waals surface area (Å²) in [6.45, 7) is 1.84. The summed E-state index contributed by atoms with van der Waals surface area (Å²) in [6.07, 6.45) is -3.41. The maximum atomic E-state index is 13.8. The summed E-state index contributed by atoms with van der Waals surface area (Å²) in [7, 11) is 0. The molecule has 0 saturated carbocycles. The Bertz CT molecular complexity index is 1430. The highest BCUT2D eigenvalue weighted by molar-refractivity contribution is 6.07. The molecule has 0 radical (unpaired) electrons. The Balaban J connectivity index is 1.78. The van der Waals surface area contributed by atoms with Gasteiger partial charge in [-0.15, -0.1) is 0 Å². The molecular weight excluding hydrogens is 440 g/mol. The number of pyridine rings is 2. The van der Waals surface area contributed by atoms with Crippen LogP contribution in [0.1, 0.15) is 21.5 Å². The van der Waals surface area contributed by atoms with Crippen molar-refractivity contribution in [1.82, 2.24) is 9.97 Å². The van der Waals surface area contributed by atoms with Crippen LogP contribution in [0.25, 0.3) is 10.9 Å². The second kappa shape index (κ2) is 8.38. The number of nitrogens with one attached hydrogen (secondary N) is 3. The van der Waals surface area contributed by atoms with Crippen molar-refractivity contribution in [3.63, 3.8) is 0 Å². The molecule has 0 aliphatic rings. The van der Waals surface area contributed by atoms with Crippen molar-refractivity contribution in [1.29, 1.82) is 0 Å². The summed E-state index contributed by atoms with van der Waals surface area (Å²) in [5.41, 5.74) is -0.408. The zero-order valence-electron chi connectivity index (χ0n) is 17.0. The quantitative estimate of drug-likeness (QED) is 0.360. The highest BCUT2D eigenvalue weighted by Crippen LogP contribution is 2.32. The number of para-hydroxylation sites is 1. The van der Waals surface area contributed by atoms with Crippen molar-refractivity contribution in [2.75, 3.05) is 10.6 Å². The zero-order valence-corrected chi connectivity index (χ0v) is 17.0. The fraction of sp³-hybridized carbons (Fsp3) is 0.0870. The lowest BCUT2D eigenvalue weighted by atomic mass is 10.1. The maximum Gasteiger partial charge on any atom is 0.416 e. The fourth-order valence-corrected chi connectivity index (χ4v) is 3.22. The third kappa shape index (κ3) is 4.69. The highest BCUT2D eigenvalue weighted by atomic mass is 19.4. The van der Waals surface area contributed by atoms with Crippen LogP contribution in [0.2, 0.25) is 0 Å². The Hall–Kier alpha value is -4.21. The molecule has 0 atom stereocenters. The Kier molecular flexibility index (Phi) is 5.59. The Labute approximate surface area is 184 Å². The summed E-state index contributed by atoms with van der Waals surface area (Å²) in [6, 6.07) is 11.7. The van der Waals surface area contributed by atoms with Crippen LogP contribution in [0.3, 0.4) is 0 Å². The predicted octanol–water partition coefficient (Wildman–Crippen LogP) is 5.39. The molecule has 33 heavy (non-hydrogen) atoms. The van der Waals surface area contributed by atoms with E-state index in [2.05, 4.69) is 20.6 Å². The van der Waals surface area contributed by atoms with Crippen molar-refractivity contribution in [2.45, 2.75) is 13.1 Å². The van der Waals surface area contributed by atoms with Gasteiger partial charge in [0.25, 0.3) is 11.5 Å². The minimum atomic E-state index is -4.83. The molecule has 0 fully saturated rings. The van der Waals surface area contributed by atoms with E-state index in [1.807, 2.05) is 19.1 Å². The number of H-pyrrole nitrogens is 1. The maximum absolute atomic E-state index is 13.8. The lowest BCUT2D eigenvalue weighted by Gasteiger charge is -2.15. The first-order valence-electron chi connectivity index (χ1n) is 9.66. The molecule has 4 aromatic rings. The molecule has 2 heterocycles. The van der Waals surface area contributed by atoms with Crippen LogP contribution in [0.15, 0.2) is 65.6 Å². The summed E-state index contributed by atoms with van der Waals surface area (Å²) in [4.78, 5) is 31.8. The van der Waals surface area contributed by atoms with Crippen LogP contribution in [-0.2, 0) is 6.18 Å². The van der Waals surface area contributed by atoms with Gasteiger partial charge in [0, 0.05) is 17.4 Å². The van der Waals surface area contributed by atoms with Crippen LogP contribution in [0.5, 0.6) is 0 Å². The summed E-state index contributed by atoms with van der Waals surface area (Å²) in [5, 5.41) is 5.66. The van der Waals surface area contributed by atoms with Gasteiger partial charge in [-0.25, -0.2) is 9.37 Å². The SMILES string of the molecule is Cc1ccccc1Nc1nc2cc[nH]c(=O)c2cc1NC(=O)c1cc(F)cc(C(F)(F)F)c1. The number of alkyl halides is 3. The third-order valence-electron chi connectivity index (χ3n) is 4.89. The average Bonchev–Trinajstić information content (AvgIpc) is 2.75. The Morgan fingerprint density at radius 3 is 2.52 bits per heavy atom.